The lowest BCUT2D eigenvalue weighted by Crippen LogP contribution is -2.42. The third kappa shape index (κ3) is 3.74. The number of benzene rings is 3. The molecule has 1 aliphatic heterocycles. The lowest BCUT2D eigenvalue weighted by molar-refractivity contribution is -0.116. The molecule has 0 radical (unpaired) electrons. The van der Waals surface area contributed by atoms with Gasteiger partial charge in [0.1, 0.15) is 11.6 Å². The molecular formula is C29H25ClN2O2. The minimum atomic E-state index is -0.620. The molecule has 0 spiro atoms. The number of aliphatic hydroxyl groups excluding tert-OH is 1. The van der Waals surface area contributed by atoms with Crippen LogP contribution in [0.2, 0.25) is 5.02 Å². The van der Waals surface area contributed by atoms with Crippen molar-refractivity contribution in [3.05, 3.63) is 117 Å². The molecule has 0 unspecified atom stereocenters. The molecule has 34 heavy (non-hydrogen) atoms. The Morgan fingerprint density at radius 3 is 2.35 bits per heavy atom. The van der Waals surface area contributed by atoms with Crippen molar-refractivity contribution >= 4 is 34.7 Å². The maximum absolute atomic E-state index is 13.5. The standard InChI is InChI=1S/C29H25ClN2O2/c1-18-14-16-19(17-15-18)28(34)27-25(21-10-5-6-11-22(21)30)26-23(12-7-13-24(26)33)32(29(27)31)20-8-3-2-4-9-20/h2-6,8-11,14-17,25,31,34H,7,12-13H2,1H3/b28-27+,31-29?/t25-/m0/s1. The van der Waals surface area contributed by atoms with Crippen LogP contribution in [0.15, 0.2) is 95.7 Å². The lowest BCUT2D eigenvalue weighted by Gasteiger charge is -2.42. The van der Waals surface area contributed by atoms with E-state index in [1.54, 1.807) is 6.07 Å². The van der Waals surface area contributed by atoms with Gasteiger partial charge in [0.25, 0.3) is 0 Å². The number of amidine groups is 1. The fraction of sp³-hybridized carbons (Fsp3) is 0.172. The number of hydrogen-bond acceptors (Lipinski definition) is 3. The highest BCUT2D eigenvalue weighted by molar-refractivity contribution is 6.32. The second kappa shape index (κ2) is 8.96. The van der Waals surface area contributed by atoms with Crippen LogP contribution in [0.25, 0.3) is 5.76 Å². The number of nitrogens with one attached hydrogen (secondary N) is 1. The van der Waals surface area contributed by atoms with E-state index >= 15 is 0 Å². The number of ketones is 1. The maximum Gasteiger partial charge on any atom is 0.161 e. The SMILES string of the molecule is Cc1ccc(/C(O)=C2\C(=N)N(c3ccccc3)C3=C(C(=O)CCC3)[C@@H]2c2ccccc2Cl)cc1. The first-order valence-electron chi connectivity index (χ1n) is 11.4. The monoisotopic (exact) mass is 468 g/mol. The molecule has 4 nitrogen and oxygen atoms in total. The number of anilines is 1. The van der Waals surface area contributed by atoms with Crippen molar-refractivity contribution in [3.63, 3.8) is 0 Å². The van der Waals surface area contributed by atoms with Crippen LogP contribution in [0, 0.1) is 12.3 Å². The quantitative estimate of drug-likeness (QED) is 0.399. The number of carbonyl (C=O) groups is 1. The zero-order valence-corrected chi connectivity index (χ0v) is 19.6. The van der Waals surface area contributed by atoms with Crippen LogP contribution < -0.4 is 4.90 Å². The summed E-state index contributed by atoms with van der Waals surface area (Å²) in [6.07, 6.45) is 1.85. The van der Waals surface area contributed by atoms with Gasteiger partial charge in [-0.25, -0.2) is 0 Å². The fourth-order valence-corrected chi connectivity index (χ4v) is 5.19. The molecule has 0 aromatic heterocycles. The molecule has 3 aromatic rings. The van der Waals surface area contributed by atoms with Crippen molar-refractivity contribution in [2.75, 3.05) is 4.90 Å². The summed E-state index contributed by atoms with van der Waals surface area (Å²) in [5.74, 6) is -0.442. The van der Waals surface area contributed by atoms with Gasteiger partial charge < -0.3 is 5.11 Å². The molecule has 2 N–H and O–H groups in total. The third-order valence-corrected chi connectivity index (χ3v) is 6.91. The topological polar surface area (TPSA) is 64.4 Å². The van der Waals surface area contributed by atoms with Crippen LogP contribution in [-0.2, 0) is 4.79 Å². The van der Waals surface area contributed by atoms with E-state index in [2.05, 4.69) is 0 Å². The van der Waals surface area contributed by atoms with Crippen LogP contribution >= 0.6 is 11.6 Å². The van der Waals surface area contributed by atoms with Crippen molar-refractivity contribution < 1.29 is 9.90 Å². The summed E-state index contributed by atoms with van der Waals surface area (Å²) >= 11 is 6.65. The second-order valence-electron chi connectivity index (χ2n) is 8.74. The molecule has 0 saturated carbocycles. The molecule has 0 amide bonds. The van der Waals surface area contributed by atoms with Gasteiger partial charge in [0.05, 0.1) is 0 Å². The van der Waals surface area contributed by atoms with Gasteiger partial charge in [-0.05, 0) is 43.5 Å². The third-order valence-electron chi connectivity index (χ3n) is 6.57. The second-order valence-corrected chi connectivity index (χ2v) is 9.15. The van der Waals surface area contributed by atoms with Crippen molar-refractivity contribution in [2.45, 2.75) is 32.1 Å². The number of para-hydroxylation sites is 1. The zero-order chi connectivity index (χ0) is 23.8. The number of hydrogen-bond donors (Lipinski definition) is 2. The Kier molecular flexibility index (Phi) is 5.84. The highest BCUT2D eigenvalue weighted by atomic mass is 35.5. The van der Waals surface area contributed by atoms with Gasteiger partial charge in [-0.2, -0.15) is 0 Å². The van der Waals surface area contributed by atoms with Crippen molar-refractivity contribution in [2.24, 2.45) is 0 Å². The Morgan fingerprint density at radius 2 is 1.65 bits per heavy atom. The average molecular weight is 469 g/mol. The Bertz CT molecular complexity index is 1340. The summed E-state index contributed by atoms with van der Waals surface area (Å²) in [5, 5.41) is 21.4. The summed E-state index contributed by atoms with van der Waals surface area (Å²) in [7, 11) is 0. The van der Waals surface area contributed by atoms with Crippen LogP contribution in [0.4, 0.5) is 5.69 Å². The van der Waals surface area contributed by atoms with E-state index in [0.29, 0.717) is 34.6 Å². The smallest absolute Gasteiger partial charge is 0.161 e. The van der Waals surface area contributed by atoms with Gasteiger partial charge in [-0.15, -0.1) is 0 Å². The molecule has 3 aromatic carbocycles. The first-order chi connectivity index (χ1) is 16.5. The zero-order valence-electron chi connectivity index (χ0n) is 18.9. The van der Waals surface area contributed by atoms with E-state index in [-0.39, 0.29) is 17.4 Å². The first kappa shape index (κ1) is 22.2. The number of halogens is 1. The van der Waals surface area contributed by atoms with Crippen LogP contribution in [0.1, 0.15) is 41.9 Å². The minimum Gasteiger partial charge on any atom is -0.507 e. The van der Waals surface area contributed by atoms with Crippen LogP contribution in [0.5, 0.6) is 0 Å². The predicted molar refractivity (Wildman–Crippen MR) is 137 cm³/mol. The number of rotatable bonds is 3. The number of carbonyl (C=O) groups excluding carboxylic acids is 1. The van der Waals surface area contributed by atoms with Gasteiger partial charge in [-0.3, -0.25) is 15.1 Å². The molecule has 0 fully saturated rings. The Labute approximate surface area is 204 Å². The summed E-state index contributed by atoms with van der Waals surface area (Å²) in [6.45, 7) is 1.98. The van der Waals surface area contributed by atoms with E-state index in [4.69, 9.17) is 11.6 Å². The molecule has 1 aliphatic carbocycles. The molecule has 0 saturated heterocycles. The normalized spacial score (nSPS) is 19.8. The van der Waals surface area contributed by atoms with Crippen LogP contribution in [-0.4, -0.2) is 16.7 Å². The average Bonchev–Trinajstić information content (AvgIpc) is 2.84. The van der Waals surface area contributed by atoms with E-state index in [0.717, 1.165) is 28.9 Å². The van der Waals surface area contributed by atoms with Crippen molar-refractivity contribution in [3.8, 4) is 0 Å². The Balaban J connectivity index is 1.84. The molecular weight excluding hydrogens is 444 g/mol. The Morgan fingerprint density at radius 1 is 0.971 bits per heavy atom. The fourth-order valence-electron chi connectivity index (χ4n) is 4.94. The highest BCUT2D eigenvalue weighted by Gasteiger charge is 2.43. The number of nitrogens with zero attached hydrogens (tertiary/aromatic N) is 1. The van der Waals surface area contributed by atoms with Gasteiger partial charge in [-0.1, -0.05) is 77.8 Å². The minimum absolute atomic E-state index is 0.0132. The van der Waals surface area contributed by atoms with E-state index < -0.39 is 5.92 Å². The number of aliphatic hydroxyl groups is 1. The molecule has 1 heterocycles. The molecule has 5 heteroatoms. The predicted octanol–water partition coefficient (Wildman–Crippen LogP) is 7.21. The molecule has 0 bridgehead atoms. The number of allylic oxidation sites excluding steroid dienone is 2. The first-order valence-corrected chi connectivity index (χ1v) is 11.8. The van der Waals surface area contributed by atoms with Gasteiger partial charge >= 0.3 is 0 Å². The number of Topliss-reactive ketones (excluding diaryl/α,β-unsaturated/α-hetero) is 1. The lowest BCUT2D eigenvalue weighted by atomic mass is 9.73. The van der Waals surface area contributed by atoms with E-state index in [1.165, 1.54) is 0 Å². The summed E-state index contributed by atoms with van der Waals surface area (Å²) in [5.41, 5.74) is 5.00. The van der Waals surface area contributed by atoms with Gasteiger partial charge in [0.2, 0.25) is 0 Å². The summed E-state index contributed by atoms with van der Waals surface area (Å²) in [6, 6.07) is 24.5. The van der Waals surface area contributed by atoms with Crippen LogP contribution in [0.3, 0.4) is 0 Å². The van der Waals surface area contributed by atoms with Gasteiger partial charge in [0.15, 0.2) is 5.78 Å². The molecule has 2 aliphatic rings. The molecule has 1 atom stereocenters. The van der Waals surface area contributed by atoms with Gasteiger partial charge in [0, 0.05) is 45.5 Å². The molecule has 170 valence electrons. The van der Waals surface area contributed by atoms with Crippen molar-refractivity contribution in [1.29, 1.82) is 5.41 Å². The maximum atomic E-state index is 13.5. The summed E-state index contributed by atoms with van der Waals surface area (Å²) in [4.78, 5) is 15.3. The summed E-state index contributed by atoms with van der Waals surface area (Å²) < 4.78 is 0. The van der Waals surface area contributed by atoms with E-state index in [9.17, 15) is 15.3 Å². The largest absolute Gasteiger partial charge is 0.507 e. The Hall–Kier alpha value is -3.63. The molecule has 5 rings (SSSR count). The number of aryl methyl sites for hydroxylation is 1. The highest BCUT2D eigenvalue weighted by Crippen LogP contribution is 2.49. The van der Waals surface area contributed by atoms with Crippen molar-refractivity contribution in [1.82, 2.24) is 0 Å². The van der Waals surface area contributed by atoms with E-state index in [1.807, 2.05) is 84.6 Å².